The van der Waals surface area contributed by atoms with Gasteiger partial charge in [0.25, 0.3) is 5.91 Å². The molecule has 0 radical (unpaired) electrons. The molecule has 1 fully saturated rings. The molecule has 1 unspecified atom stereocenters. The van der Waals surface area contributed by atoms with Crippen molar-refractivity contribution in [3.05, 3.63) is 60.0 Å². The number of rotatable bonds is 6. The number of aromatic nitrogens is 5. The highest BCUT2D eigenvalue weighted by Crippen LogP contribution is 2.34. The highest BCUT2D eigenvalue weighted by Gasteiger charge is 2.33. The number of nitrogen functional groups attached to an aromatic ring is 1. The molecule has 0 spiro atoms. The normalized spacial score (nSPS) is 15.4. The van der Waals surface area contributed by atoms with Crippen LogP contribution < -0.4 is 11.1 Å². The van der Waals surface area contributed by atoms with E-state index in [4.69, 9.17) is 15.6 Å². The Labute approximate surface area is 232 Å². The van der Waals surface area contributed by atoms with Crippen LogP contribution in [0.3, 0.4) is 0 Å². The van der Waals surface area contributed by atoms with E-state index in [9.17, 15) is 9.59 Å². The summed E-state index contributed by atoms with van der Waals surface area (Å²) in [6.07, 6.45) is 5.41. The molecule has 40 heavy (non-hydrogen) atoms. The standard InChI is InChI=1S/C29H34N8O3/c1-5-6-18-11-13-31-22(15-18)34-27(38)20-9-7-19(8-10-20)24-23-25(30)32-17-33-26(23)37(35-24)21-12-14-36(16-21)28(39)40-29(2,3)4/h7-11,13,15,17,21H,5-6,12,14,16H2,1-4H3,(H2,30,32,33)(H,31,34,38). The zero-order valence-electron chi connectivity index (χ0n) is 23.2. The topological polar surface area (TPSA) is 141 Å². The minimum Gasteiger partial charge on any atom is -0.444 e. The molecule has 11 heteroatoms. The van der Waals surface area contributed by atoms with Crippen molar-refractivity contribution in [1.82, 2.24) is 29.6 Å². The molecule has 208 valence electrons. The second-order valence-electron chi connectivity index (χ2n) is 11.0. The van der Waals surface area contributed by atoms with Crippen molar-refractivity contribution < 1.29 is 14.3 Å². The van der Waals surface area contributed by atoms with E-state index in [0.29, 0.717) is 53.4 Å². The van der Waals surface area contributed by atoms with Crippen LogP contribution in [0.5, 0.6) is 0 Å². The van der Waals surface area contributed by atoms with Gasteiger partial charge in [-0.25, -0.2) is 24.4 Å². The van der Waals surface area contributed by atoms with E-state index in [1.807, 2.05) is 49.7 Å². The van der Waals surface area contributed by atoms with E-state index < -0.39 is 5.60 Å². The van der Waals surface area contributed by atoms with Gasteiger partial charge in [-0.05, 0) is 63.4 Å². The summed E-state index contributed by atoms with van der Waals surface area (Å²) in [5.41, 5.74) is 9.32. The first-order valence-corrected chi connectivity index (χ1v) is 13.5. The Morgan fingerprint density at radius 3 is 2.62 bits per heavy atom. The average molecular weight is 543 g/mol. The Balaban J connectivity index is 1.38. The van der Waals surface area contributed by atoms with E-state index in [1.165, 1.54) is 6.33 Å². The van der Waals surface area contributed by atoms with Crippen molar-refractivity contribution in [2.24, 2.45) is 0 Å². The van der Waals surface area contributed by atoms with Crippen LogP contribution in [0.2, 0.25) is 0 Å². The number of aryl methyl sites for hydroxylation is 1. The van der Waals surface area contributed by atoms with Crippen molar-refractivity contribution in [3.63, 3.8) is 0 Å². The fourth-order valence-corrected chi connectivity index (χ4v) is 4.84. The molecule has 1 atom stereocenters. The van der Waals surface area contributed by atoms with Crippen LogP contribution in [0, 0.1) is 0 Å². The first-order valence-electron chi connectivity index (χ1n) is 13.5. The van der Waals surface area contributed by atoms with Crippen molar-refractivity contribution in [1.29, 1.82) is 0 Å². The van der Waals surface area contributed by atoms with Crippen molar-refractivity contribution in [2.75, 3.05) is 24.1 Å². The Bertz CT molecular complexity index is 1540. The summed E-state index contributed by atoms with van der Waals surface area (Å²) >= 11 is 0. The van der Waals surface area contributed by atoms with Crippen LogP contribution in [-0.2, 0) is 11.2 Å². The number of nitrogens with one attached hydrogen (secondary N) is 1. The smallest absolute Gasteiger partial charge is 0.410 e. The number of carbonyl (C=O) groups is 2. The van der Waals surface area contributed by atoms with Gasteiger partial charge in [0.15, 0.2) is 5.65 Å². The first kappa shape index (κ1) is 27.0. The van der Waals surface area contributed by atoms with Crippen LogP contribution >= 0.6 is 0 Å². The third-order valence-corrected chi connectivity index (χ3v) is 6.70. The predicted octanol–water partition coefficient (Wildman–Crippen LogP) is 4.86. The predicted molar refractivity (Wildman–Crippen MR) is 153 cm³/mol. The highest BCUT2D eigenvalue weighted by molar-refractivity contribution is 6.04. The molecule has 4 heterocycles. The molecule has 4 aromatic rings. The van der Waals surface area contributed by atoms with Gasteiger partial charge in [0.2, 0.25) is 0 Å². The van der Waals surface area contributed by atoms with Gasteiger partial charge in [0.1, 0.15) is 29.3 Å². The summed E-state index contributed by atoms with van der Waals surface area (Å²) in [5, 5.41) is 8.39. The number of hydrogen-bond donors (Lipinski definition) is 2. The monoisotopic (exact) mass is 542 g/mol. The van der Waals surface area contributed by atoms with E-state index >= 15 is 0 Å². The maximum absolute atomic E-state index is 12.9. The number of ether oxygens (including phenoxy) is 1. The largest absolute Gasteiger partial charge is 0.444 e. The number of likely N-dealkylation sites (tertiary alicyclic amines) is 1. The van der Waals surface area contributed by atoms with Crippen LogP contribution in [0.15, 0.2) is 48.9 Å². The summed E-state index contributed by atoms with van der Waals surface area (Å²) in [5.74, 6) is 0.582. The molecule has 2 amide bonds. The lowest BCUT2D eigenvalue weighted by Crippen LogP contribution is -2.35. The molecule has 11 nitrogen and oxygen atoms in total. The Hall–Kier alpha value is -4.54. The average Bonchev–Trinajstić information content (AvgIpc) is 3.54. The minimum atomic E-state index is -0.568. The van der Waals surface area contributed by atoms with Crippen molar-refractivity contribution in [2.45, 2.75) is 58.6 Å². The maximum Gasteiger partial charge on any atom is 0.410 e. The number of amides is 2. The SMILES string of the molecule is CCCc1ccnc(NC(=O)c2ccc(-c3nn(C4CCN(C(=O)OC(C)(C)C)C4)c4ncnc(N)c34)cc2)c1. The number of carbonyl (C=O) groups excluding carboxylic acids is 2. The van der Waals surface area contributed by atoms with Crippen LogP contribution in [-0.4, -0.2) is 60.3 Å². The first-order chi connectivity index (χ1) is 19.1. The molecular formula is C29H34N8O3. The summed E-state index contributed by atoms with van der Waals surface area (Å²) in [4.78, 5) is 40.1. The van der Waals surface area contributed by atoms with Gasteiger partial charge in [0, 0.05) is 30.4 Å². The number of nitrogens with zero attached hydrogens (tertiary/aromatic N) is 6. The van der Waals surface area contributed by atoms with Gasteiger partial charge in [-0.2, -0.15) is 5.10 Å². The van der Waals surface area contributed by atoms with Gasteiger partial charge >= 0.3 is 6.09 Å². The van der Waals surface area contributed by atoms with Crippen LogP contribution in [0.25, 0.3) is 22.3 Å². The number of anilines is 2. The summed E-state index contributed by atoms with van der Waals surface area (Å²) in [7, 11) is 0. The quantitative estimate of drug-likeness (QED) is 0.352. The fraction of sp³-hybridized carbons (Fsp3) is 0.379. The van der Waals surface area contributed by atoms with Crippen molar-refractivity contribution >= 4 is 34.7 Å². The maximum atomic E-state index is 12.9. The van der Waals surface area contributed by atoms with E-state index in [-0.39, 0.29) is 18.0 Å². The number of benzene rings is 1. The summed E-state index contributed by atoms with van der Waals surface area (Å²) < 4.78 is 7.37. The fourth-order valence-electron chi connectivity index (χ4n) is 4.84. The minimum absolute atomic E-state index is 0.0981. The third-order valence-electron chi connectivity index (χ3n) is 6.70. The number of fused-ring (bicyclic) bond motifs is 1. The van der Waals surface area contributed by atoms with Crippen LogP contribution in [0.4, 0.5) is 16.4 Å². The van der Waals surface area contributed by atoms with Crippen molar-refractivity contribution in [3.8, 4) is 11.3 Å². The number of hydrogen-bond acceptors (Lipinski definition) is 8. The molecule has 3 N–H and O–H groups in total. The molecule has 1 saturated heterocycles. The Morgan fingerprint density at radius 1 is 1.12 bits per heavy atom. The lowest BCUT2D eigenvalue weighted by molar-refractivity contribution is 0.0288. The second-order valence-corrected chi connectivity index (χ2v) is 11.0. The molecule has 0 saturated carbocycles. The molecule has 1 aliphatic rings. The second kappa shape index (κ2) is 10.9. The summed E-state index contributed by atoms with van der Waals surface area (Å²) in [6.45, 7) is 8.66. The lowest BCUT2D eigenvalue weighted by atomic mass is 10.1. The van der Waals surface area contributed by atoms with Gasteiger partial charge in [-0.15, -0.1) is 0 Å². The summed E-state index contributed by atoms with van der Waals surface area (Å²) in [6, 6.07) is 10.9. The highest BCUT2D eigenvalue weighted by atomic mass is 16.6. The van der Waals surface area contributed by atoms with Crippen LogP contribution in [0.1, 0.15) is 62.5 Å². The third kappa shape index (κ3) is 5.73. The van der Waals surface area contributed by atoms with E-state index in [0.717, 1.165) is 24.0 Å². The van der Waals surface area contributed by atoms with Gasteiger partial charge in [-0.3, -0.25) is 4.79 Å². The number of nitrogens with two attached hydrogens (primary N) is 1. The molecule has 1 aliphatic heterocycles. The van der Waals surface area contributed by atoms with E-state index in [2.05, 4.69) is 27.2 Å². The Kier molecular flexibility index (Phi) is 7.38. The lowest BCUT2D eigenvalue weighted by Gasteiger charge is -2.24. The van der Waals surface area contributed by atoms with Gasteiger partial charge in [-0.1, -0.05) is 25.5 Å². The zero-order chi connectivity index (χ0) is 28.4. The van der Waals surface area contributed by atoms with Gasteiger partial charge in [0.05, 0.1) is 11.4 Å². The number of pyridine rings is 1. The molecular weight excluding hydrogens is 508 g/mol. The van der Waals surface area contributed by atoms with Gasteiger partial charge < -0.3 is 20.7 Å². The molecule has 3 aromatic heterocycles. The molecule has 1 aromatic carbocycles. The molecule has 0 aliphatic carbocycles. The molecule has 0 bridgehead atoms. The molecule has 5 rings (SSSR count). The Morgan fingerprint density at radius 2 is 1.90 bits per heavy atom. The zero-order valence-corrected chi connectivity index (χ0v) is 23.2. The van der Waals surface area contributed by atoms with E-state index in [1.54, 1.807) is 23.2 Å².